The summed E-state index contributed by atoms with van der Waals surface area (Å²) in [6.07, 6.45) is 0. The summed E-state index contributed by atoms with van der Waals surface area (Å²) < 4.78 is 0. The van der Waals surface area contributed by atoms with Crippen LogP contribution in [0.1, 0.15) is 22.4 Å². The van der Waals surface area contributed by atoms with Gasteiger partial charge in [0.2, 0.25) is 0 Å². The highest BCUT2D eigenvalue weighted by Gasteiger charge is 2.23. The van der Waals surface area contributed by atoms with Crippen molar-refractivity contribution < 1.29 is 0 Å². The molecule has 0 fully saturated rings. The van der Waals surface area contributed by atoms with E-state index in [0.717, 1.165) is 6.54 Å². The molecule has 0 saturated carbocycles. The molecule has 118 valence electrons. The molecule has 0 saturated heterocycles. The van der Waals surface area contributed by atoms with Crippen molar-refractivity contribution in [3.05, 3.63) is 83.9 Å². The van der Waals surface area contributed by atoms with Crippen LogP contribution in [0.15, 0.2) is 72.8 Å². The highest BCUT2D eigenvalue weighted by atomic mass is 35.5. The van der Waals surface area contributed by atoms with Crippen molar-refractivity contribution in [3.8, 4) is 0 Å². The van der Waals surface area contributed by atoms with Crippen molar-refractivity contribution in [1.82, 2.24) is 4.90 Å². The van der Waals surface area contributed by atoms with E-state index < -0.39 is 0 Å². The standard InChI is InChI=1S/C21H22ClN/c1-23(2)15-20(21(22)17-9-4-3-5-10-17)19-13-12-16-8-6-7-11-18(16)14-19/h3-14,20-21H,15H2,1-2H3/t20-,21?/m1/s1. The molecule has 1 unspecified atom stereocenters. The van der Waals surface area contributed by atoms with Crippen molar-refractivity contribution in [1.29, 1.82) is 0 Å². The van der Waals surface area contributed by atoms with Gasteiger partial charge in [-0.2, -0.15) is 0 Å². The van der Waals surface area contributed by atoms with Gasteiger partial charge in [0.15, 0.2) is 0 Å². The summed E-state index contributed by atoms with van der Waals surface area (Å²) in [5, 5.41) is 2.50. The summed E-state index contributed by atoms with van der Waals surface area (Å²) in [5.41, 5.74) is 2.47. The number of benzene rings is 3. The average molecular weight is 324 g/mol. The molecular formula is C21H22ClN. The summed E-state index contributed by atoms with van der Waals surface area (Å²) >= 11 is 6.88. The largest absolute Gasteiger partial charge is 0.309 e. The fourth-order valence-corrected chi connectivity index (χ4v) is 3.44. The van der Waals surface area contributed by atoms with E-state index in [2.05, 4.69) is 85.7 Å². The van der Waals surface area contributed by atoms with E-state index in [1.807, 2.05) is 6.07 Å². The molecule has 23 heavy (non-hydrogen) atoms. The number of fused-ring (bicyclic) bond motifs is 1. The van der Waals surface area contributed by atoms with Gasteiger partial charge in [0, 0.05) is 12.5 Å². The molecule has 0 radical (unpaired) electrons. The van der Waals surface area contributed by atoms with Gasteiger partial charge in [0.05, 0.1) is 5.38 Å². The lowest BCUT2D eigenvalue weighted by Crippen LogP contribution is -2.23. The van der Waals surface area contributed by atoms with Gasteiger partial charge in [-0.1, -0.05) is 72.8 Å². The molecule has 3 aromatic carbocycles. The van der Waals surface area contributed by atoms with Gasteiger partial charge in [0.25, 0.3) is 0 Å². The van der Waals surface area contributed by atoms with Crippen molar-refractivity contribution in [2.45, 2.75) is 11.3 Å². The first-order valence-electron chi connectivity index (χ1n) is 7.97. The van der Waals surface area contributed by atoms with Crippen molar-refractivity contribution in [3.63, 3.8) is 0 Å². The van der Waals surface area contributed by atoms with E-state index in [1.54, 1.807) is 0 Å². The summed E-state index contributed by atoms with van der Waals surface area (Å²) in [6.45, 7) is 0.918. The minimum atomic E-state index is -0.0419. The zero-order chi connectivity index (χ0) is 16.2. The lowest BCUT2D eigenvalue weighted by atomic mass is 9.89. The predicted octanol–water partition coefficient (Wildman–Crippen LogP) is 5.47. The molecular weight excluding hydrogens is 302 g/mol. The first kappa shape index (κ1) is 16.0. The van der Waals surface area contributed by atoms with Crippen molar-refractivity contribution in [2.75, 3.05) is 20.6 Å². The molecule has 0 aliphatic heterocycles. The lowest BCUT2D eigenvalue weighted by Gasteiger charge is -2.26. The zero-order valence-electron chi connectivity index (χ0n) is 13.6. The summed E-state index contributed by atoms with van der Waals surface area (Å²) in [5.74, 6) is 0.249. The number of alkyl halides is 1. The Labute approximate surface area is 143 Å². The average Bonchev–Trinajstić information content (AvgIpc) is 2.59. The third-order valence-corrected chi connectivity index (χ3v) is 4.79. The number of hydrogen-bond acceptors (Lipinski definition) is 1. The van der Waals surface area contributed by atoms with Gasteiger partial charge in [-0.15, -0.1) is 11.6 Å². The number of nitrogens with zero attached hydrogens (tertiary/aromatic N) is 1. The lowest BCUT2D eigenvalue weighted by molar-refractivity contribution is 0.368. The summed E-state index contributed by atoms with van der Waals surface area (Å²) in [4.78, 5) is 2.21. The Bertz CT molecular complexity index is 767. The molecule has 0 aromatic heterocycles. The predicted molar refractivity (Wildman–Crippen MR) is 100 cm³/mol. The maximum atomic E-state index is 6.88. The molecule has 0 bridgehead atoms. The molecule has 2 atom stereocenters. The zero-order valence-corrected chi connectivity index (χ0v) is 14.4. The minimum Gasteiger partial charge on any atom is -0.309 e. The molecule has 0 amide bonds. The fraction of sp³-hybridized carbons (Fsp3) is 0.238. The van der Waals surface area contributed by atoms with Crippen LogP contribution in [0.2, 0.25) is 0 Å². The van der Waals surface area contributed by atoms with Crippen LogP contribution in [0.4, 0.5) is 0 Å². The molecule has 0 N–H and O–H groups in total. The van der Waals surface area contributed by atoms with E-state index >= 15 is 0 Å². The van der Waals surface area contributed by atoms with Crippen molar-refractivity contribution in [2.24, 2.45) is 0 Å². The molecule has 0 spiro atoms. The Morgan fingerprint density at radius 1 is 0.783 bits per heavy atom. The van der Waals surface area contributed by atoms with E-state index in [0.29, 0.717) is 0 Å². The molecule has 0 aliphatic rings. The Morgan fingerprint density at radius 2 is 1.43 bits per heavy atom. The third kappa shape index (κ3) is 3.74. The van der Waals surface area contributed by atoms with E-state index in [4.69, 9.17) is 11.6 Å². The monoisotopic (exact) mass is 323 g/mol. The quantitative estimate of drug-likeness (QED) is 0.563. The Morgan fingerprint density at radius 3 is 2.13 bits per heavy atom. The van der Waals surface area contributed by atoms with Gasteiger partial charge < -0.3 is 4.90 Å². The second kappa shape index (κ2) is 7.16. The number of halogens is 1. The number of hydrogen-bond donors (Lipinski definition) is 0. The Hall–Kier alpha value is -1.83. The van der Waals surface area contributed by atoms with Gasteiger partial charge in [0.1, 0.15) is 0 Å². The molecule has 1 nitrogen and oxygen atoms in total. The van der Waals surface area contributed by atoms with Gasteiger partial charge in [-0.25, -0.2) is 0 Å². The van der Waals surface area contributed by atoms with E-state index in [9.17, 15) is 0 Å². The van der Waals surface area contributed by atoms with E-state index in [1.165, 1.54) is 21.9 Å². The molecule has 0 heterocycles. The van der Waals surface area contributed by atoms with Crippen LogP contribution < -0.4 is 0 Å². The Balaban J connectivity index is 2.00. The highest BCUT2D eigenvalue weighted by molar-refractivity contribution is 6.21. The van der Waals surface area contributed by atoms with Crippen LogP contribution in [0.3, 0.4) is 0 Å². The van der Waals surface area contributed by atoms with E-state index in [-0.39, 0.29) is 11.3 Å². The maximum Gasteiger partial charge on any atom is 0.0666 e. The van der Waals surface area contributed by atoms with Gasteiger partial charge >= 0.3 is 0 Å². The number of likely N-dealkylation sites (N-methyl/N-ethyl adjacent to an activating group) is 1. The van der Waals surface area contributed by atoms with Crippen LogP contribution >= 0.6 is 11.6 Å². The minimum absolute atomic E-state index is 0.0419. The van der Waals surface area contributed by atoms with Crippen LogP contribution in [0, 0.1) is 0 Å². The van der Waals surface area contributed by atoms with Crippen molar-refractivity contribution >= 4 is 22.4 Å². The fourth-order valence-electron chi connectivity index (χ4n) is 3.07. The maximum absolute atomic E-state index is 6.88. The third-order valence-electron chi connectivity index (χ3n) is 4.23. The van der Waals surface area contributed by atoms with Gasteiger partial charge in [-0.05, 0) is 36.0 Å². The summed E-state index contributed by atoms with van der Waals surface area (Å²) in [7, 11) is 4.20. The normalized spacial score (nSPS) is 14.1. The molecule has 0 aliphatic carbocycles. The topological polar surface area (TPSA) is 3.24 Å². The summed E-state index contributed by atoms with van der Waals surface area (Å²) in [6, 6.07) is 25.5. The first-order chi connectivity index (χ1) is 11.1. The molecule has 3 rings (SSSR count). The van der Waals surface area contributed by atoms with Crippen LogP contribution in [0.25, 0.3) is 10.8 Å². The highest BCUT2D eigenvalue weighted by Crippen LogP contribution is 2.37. The second-order valence-corrected chi connectivity index (χ2v) is 6.76. The van der Waals surface area contributed by atoms with Crippen LogP contribution in [0.5, 0.6) is 0 Å². The first-order valence-corrected chi connectivity index (χ1v) is 8.41. The van der Waals surface area contributed by atoms with Gasteiger partial charge in [-0.3, -0.25) is 0 Å². The van der Waals surface area contributed by atoms with Crippen LogP contribution in [-0.2, 0) is 0 Å². The van der Waals surface area contributed by atoms with Crippen LogP contribution in [-0.4, -0.2) is 25.5 Å². The molecule has 2 heteroatoms. The second-order valence-electron chi connectivity index (χ2n) is 6.29. The SMILES string of the molecule is CN(C)C[C@H](c1ccc2ccccc2c1)C(Cl)c1ccccc1. The smallest absolute Gasteiger partial charge is 0.0666 e. The number of rotatable bonds is 5. The molecule has 3 aromatic rings. The Kier molecular flexibility index (Phi) is 5.00.